The van der Waals surface area contributed by atoms with E-state index in [9.17, 15) is 9.59 Å². The van der Waals surface area contributed by atoms with E-state index in [2.05, 4.69) is 13.8 Å². The summed E-state index contributed by atoms with van der Waals surface area (Å²) in [5.41, 5.74) is 5.59. The largest absolute Gasteiger partial charge is 0.496 e. The zero-order chi connectivity index (χ0) is 30.1. The molecule has 0 amide bonds. The van der Waals surface area contributed by atoms with E-state index < -0.39 is 6.04 Å². The fourth-order valence-electron chi connectivity index (χ4n) is 5.53. The summed E-state index contributed by atoms with van der Waals surface area (Å²) in [6.45, 7) is 12.1. The molecule has 216 valence electrons. The van der Waals surface area contributed by atoms with Crippen LogP contribution in [0.5, 0.6) is 5.75 Å². The molecule has 0 aliphatic rings. The lowest BCUT2D eigenvalue weighted by molar-refractivity contribution is -0.146. The third kappa shape index (κ3) is 4.98. The van der Waals surface area contributed by atoms with Gasteiger partial charge in [0.2, 0.25) is 0 Å². The number of esters is 1. The van der Waals surface area contributed by atoms with Crippen LogP contribution in [-0.2, 0) is 9.53 Å². The summed E-state index contributed by atoms with van der Waals surface area (Å²) in [4.78, 5) is 31.6. The van der Waals surface area contributed by atoms with Crippen LogP contribution in [-0.4, -0.2) is 40.1 Å². The third-order valence-corrected chi connectivity index (χ3v) is 7.72. The highest BCUT2D eigenvalue weighted by Gasteiger charge is 2.23. The number of rotatable bonds is 8. The molecule has 0 aliphatic carbocycles. The van der Waals surface area contributed by atoms with Gasteiger partial charge in [0.1, 0.15) is 11.8 Å². The van der Waals surface area contributed by atoms with Crippen molar-refractivity contribution in [3.05, 3.63) is 93.4 Å². The molecule has 3 aromatic carbocycles. The number of hydrogen-bond acceptors (Lipinski definition) is 6. The minimum Gasteiger partial charge on any atom is -0.496 e. The van der Waals surface area contributed by atoms with Gasteiger partial charge in [-0.3, -0.25) is 4.79 Å². The molecule has 2 heterocycles. The standard InChI is InChI=1S/C34H36N4O4/c1-8-42-34(40)23(6)37-22(5)28(24-13-10-12-16-30(24)37)19-35-38-32(36-29-15-11-9-14-25(29)33(38)39)27-18-26(20(2)3)31(41-7)17-21(27)4/h9-20,23H,8H2,1-7H3/t23-/m1/s1. The van der Waals surface area contributed by atoms with Crippen molar-refractivity contribution >= 4 is 34.0 Å². The van der Waals surface area contributed by atoms with Crippen molar-refractivity contribution in [2.75, 3.05) is 13.7 Å². The van der Waals surface area contributed by atoms with Crippen LogP contribution >= 0.6 is 0 Å². The van der Waals surface area contributed by atoms with E-state index in [4.69, 9.17) is 19.6 Å². The number of para-hydroxylation sites is 2. The molecule has 0 saturated heterocycles. The van der Waals surface area contributed by atoms with Crippen molar-refractivity contribution in [3.8, 4) is 17.1 Å². The average Bonchev–Trinajstić information content (AvgIpc) is 3.26. The Morgan fingerprint density at radius 1 is 1.02 bits per heavy atom. The second-order valence-corrected chi connectivity index (χ2v) is 10.7. The molecule has 0 N–H and O–H groups in total. The van der Waals surface area contributed by atoms with Crippen LogP contribution in [0.3, 0.4) is 0 Å². The lowest BCUT2D eigenvalue weighted by Gasteiger charge is -2.17. The van der Waals surface area contributed by atoms with E-state index >= 15 is 0 Å². The highest BCUT2D eigenvalue weighted by Crippen LogP contribution is 2.34. The summed E-state index contributed by atoms with van der Waals surface area (Å²) >= 11 is 0. The number of nitrogens with zero attached hydrogens (tertiary/aromatic N) is 4. The van der Waals surface area contributed by atoms with Gasteiger partial charge in [0, 0.05) is 27.7 Å². The number of fused-ring (bicyclic) bond motifs is 2. The topological polar surface area (TPSA) is 87.7 Å². The molecule has 0 unspecified atom stereocenters. The molecule has 42 heavy (non-hydrogen) atoms. The number of ether oxygens (including phenoxy) is 2. The first-order valence-corrected chi connectivity index (χ1v) is 14.2. The SMILES string of the molecule is CCOC(=O)[C@@H](C)n1c(C)c(C=Nn2c(-c3cc(C(C)C)c(OC)cc3C)nc3ccccc3c2=O)c2ccccc21. The van der Waals surface area contributed by atoms with Crippen LogP contribution in [0.25, 0.3) is 33.2 Å². The molecule has 0 spiro atoms. The van der Waals surface area contributed by atoms with Gasteiger partial charge < -0.3 is 14.0 Å². The zero-order valence-electron chi connectivity index (χ0n) is 25.1. The molecule has 8 nitrogen and oxygen atoms in total. The zero-order valence-corrected chi connectivity index (χ0v) is 25.1. The molecule has 0 bridgehead atoms. The Bertz CT molecular complexity index is 1900. The van der Waals surface area contributed by atoms with E-state index in [1.165, 1.54) is 4.68 Å². The van der Waals surface area contributed by atoms with E-state index in [0.717, 1.165) is 44.6 Å². The molecule has 0 aliphatic heterocycles. The quantitative estimate of drug-likeness (QED) is 0.153. The Morgan fingerprint density at radius 2 is 1.71 bits per heavy atom. The van der Waals surface area contributed by atoms with Crippen LogP contribution in [0.4, 0.5) is 0 Å². The first-order valence-electron chi connectivity index (χ1n) is 14.2. The van der Waals surface area contributed by atoms with E-state index in [1.54, 1.807) is 26.3 Å². The third-order valence-electron chi connectivity index (χ3n) is 7.72. The highest BCUT2D eigenvalue weighted by molar-refractivity contribution is 6.02. The van der Waals surface area contributed by atoms with Gasteiger partial charge >= 0.3 is 5.97 Å². The minimum absolute atomic E-state index is 0.193. The monoisotopic (exact) mass is 564 g/mol. The summed E-state index contributed by atoms with van der Waals surface area (Å²) < 4.78 is 14.3. The van der Waals surface area contributed by atoms with E-state index in [-0.39, 0.29) is 17.4 Å². The van der Waals surface area contributed by atoms with Crippen molar-refractivity contribution in [2.45, 2.75) is 53.5 Å². The Kier molecular flexibility index (Phi) is 7.98. The molecular weight excluding hydrogens is 528 g/mol. The molecule has 1 atom stereocenters. The van der Waals surface area contributed by atoms with Gasteiger partial charge in [-0.25, -0.2) is 9.78 Å². The maximum Gasteiger partial charge on any atom is 0.328 e. The van der Waals surface area contributed by atoms with Crippen molar-refractivity contribution in [2.24, 2.45) is 5.10 Å². The predicted octanol–water partition coefficient (Wildman–Crippen LogP) is 6.77. The van der Waals surface area contributed by atoms with E-state index in [0.29, 0.717) is 23.3 Å². The number of hydrogen-bond donors (Lipinski definition) is 0. The minimum atomic E-state index is -0.533. The Labute approximate surface area is 245 Å². The van der Waals surface area contributed by atoms with Gasteiger partial charge in [0.25, 0.3) is 5.56 Å². The first kappa shape index (κ1) is 28.8. The summed E-state index contributed by atoms with van der Waals surface area (Å²) in [5.74, 6) is 1.12. The number of methoxy groups -OCH3 is 1. The molecule has 8 heteroatoms. The van der Waals surface area contributed by atoms with Gasteiger partial charge in [-0.05, 0) is 75.1 Å². The van der Waals surface area contributed by atoms with Crippen LogP contribution < -0.4 is 10.3 Å². The van der Waals surface area contributed by atoms with Gasteiger partial charge in [0.05, 0.1) is 30.8 Å². The van der Waals surface area contributed by atoms with Gasteiger partial charge in [-0.2, -0.15) is 9.78 Å². The van der Waals surface area contributed by atoms with Crippen molar-refractivity contribution in [1.82, 2.24) is 14.2 Å². The lowest BCUT2D eigenvalue weighted by Crippen LogP contribution is -2.21. The van der Waals surface area contributed by atoms with Crippen molar-refractivity contribution < 1.29 is 14.3 Å². The first-order chi connectivity index (χ1) is 20.2. The lowest BCUT2D eigenvalue weighted by atomic mass is 9.96. The Morgan fingerprint density at radius 3 is 2.40 bits per heavy atom. The number of carbonyl (C=O) groups excluding carboxylic acids is 1. The van der Waals surface area contributed by atoms with Gasteiger partial charge in [-0.1, -0.05) is 44.2 Å². The Balaban J connectivity index is 1.75. The van der Waals surface area contributed by atoms with Crippen LogP contribution in [0, 0.1) is 13.8 Å². The summed E-state index contributed by atoms with van der Waals surface area (Å²) in [5, 5.41) is 6.17. The normalized spacial score (nSPS) is 12.5. The maximum atomic E-state index is 13.9. The summed E-state index contributed by atoms with van der Waals surface area (Å²) in [6, 6.07) is 18.6. The molecular formula is C34H36N4O4. The van der Waals surface area contributed by atoms with Crippen LogP contribution in [0.2, 0.25) is 0 Å². The fraction of sp³-hybridized carbons (Fsp3) is 0.294. The van der Waals surface area contributed by atoms with Crippen molar-refractivity contribution in [1.29, 1.82) is 0 Å². The smallest absolute Gasteiger partial charge is 0.328 e. The molecule has 5 aromatic rings. The molecule has 0 saturated carbocycles. The van der Waals surface area contributed by atoms with Crippen LogP contribution in [0.1, 0.15) is 62.0 Å². The van der Waals surface area contributed by atoms with E-state index in [1.807, 2.05) is 79.9 Å². The summed E-state index contributed by atoms with van der Waals surface area (Å²) in [6.07, 6.45) is 1.69. The van der Waals surface area contributed by atoms with Gasteiger partial charge in [0.15, 0.2) is 5.82 Å². The fourth-order valence-corrected chi connectivity index (χ4v) is 5.53. The molecule has 0 fully saturated rings. The van der Waals surface area contributed by atoms with Crippen molar-refractivity contribution in [3.63, 3.8) is 0 Å². The maximum absolute atomic E-state index is 13.9. The summed E-state index contributed by atoms with van der Waals surface area (Å²) in [7, 11) is 1.66. The Hall–Kier alpha value is -4.72. The molecule has 0 radical (unpaired) electrons. The number of aromatic nitrogens is 3. The second kappa shape index (κ2) is 11.6. The number of benzene rings is 3. The number of aryl methyl sites for hydroxylation is 1. The molecule has 2 aromatic heterocycles. The van der Waals surface area contributed by atoms with Crippen LogP contribution in [0.15, 0.2) is 70.6 Å². The number of carbonyl (C=O) groups is 1. The second-order valence-electron chi connectivity index (χ2n) is 10.7. The highest BCUT2D eigenvalue weighted by atomic mass is 16.5. The predicted molar refractivity (Wildman–Crippen MR) is 168 cm³/mol. The van der Waals surface area contributed by atoms with Gasteiger partial charge in [-0.15, -0.1) is 0 Å². The molecule has 5 rings (SSSR count). The average molecular weight is 565 g/mol.